The van der Waals surface area contributed by atoms with Gasteiger partial charge in [-0.25, -0.2) is 9.78 Å². The summed E-state index contributed by atoms with van der Waals surface area (Å²) in [5, 5.41) is 13.7. The Morgan fingerprint density at radius 3 is 2.68 bits per heavy atom. The topological polar surface area (TPSA) is 175 Å². The average molecular weight is 776 g/mol. The molecule has 1 saturated heterocycles. The summed E-state index contributed by atoms with van der Waals surface area (Å²) in [5.74, 6) is -1.08. The van der Waals surface area contributed by atoms with Crippen LogP contribution in [0.5, 0.6) is 0 Å². The number of piperidine rings is 1. The summed E-state index contributed by atoms with van der Waals surface area (Å²) >= 11 is 1.49. The number of ether oxygens (including phenoxy) is 2. The Morgan fingerprint density at radius 2 is 1.82 bits per heavy atom. The lowest BCUT2D eigenvalue weighted by Gasteiger charge is -2.21. The molecule has 3 aromatic carbocycles. The number of hydrogen-bond donors (Lipinski definition) is 4. The number of aryl methyl sites for hydroxylation is 1. The Hall–Kier alpha value is -5.90. The third-order valence-corrected chi connectivity index (χ3v) is 11.4. The quantitative estimate of drug-likeness (QED) is 0.105. The number of aromatic nitrogens is 3. The molecule has 5 heterocycles. The van der Waals surface area contributed by atoms with E-state index in [9.17, 15) is 24.0 Å². The third kappa shape index (κ3) is 7.40. The number of rotatable bonds is 12. The van der Waals surface area contributed by atoms with Crippen LogP contribution in [0.15, 0.2) is 71.5 Å². The zero-order valence-corrected chi connectivity index (χ0v) is 31.8. The number of amides is 4. The maximum Gasteiger partial charge on any atom is 0.329 e. The lowest BCUT2D eigenvalue weighted by atomic mass is 10.0. The van der Waals surface area contributed by atoms with E-state index in [4.69, 9.17) is 14.5 Å². The van der Waals surface area contributed by atoms with Crippen LogP contribution in [0, 0.1) is 0 Å². The molecular formula is C41H41N7O7S. The monoisotopic (exact) mass is 775 g/mol. The van der Waals surface area contributed by atoms with Crippen molar-refractivity contribution < 1.29 is 28.7 Å². The van der Waals surface area contributed by atoms with Gasteiger partial charge in [-0.2, -0.15) is 0 Å². The molecule has 0 radical (unpaired) electrons. The van der Waals surface area contributed by atoms with E-state index < -0.39 is 11.9 Å². The largest absolute Gasteiger partial charge is 0.381 e. The Morgan fingerprint density at radius 1 is 0.964 bits per heavy atom. The number of anilines is 1. The predicted molar refractivity (Wildman–Crippen MR) is 214 cm³/mol. The normalized spacial score (nSPS) is 17.1. The second-order valence-corrected chi connectivity index (χ2v) is 15.2. The van der Waals surface area contributed by atoms with Gasteiger partial charge in [0.05, 0.1) is 47.8 Å². The van der Waals surface area contributed by atoms with Gasteiger partial charge in [-0.1, -0.05) is 24.3 Å². The Kier molecular flexibility index (Phi) is 10.4. The fourth-order valence-corrected chi connectivity index (χ4v) is 8.45. The molecule has 1 unspecified atom stereocenters. The molecule has 0 saturated carbocycles. The van der Waals surface area contributed by atoms with Crippen LogP contribution < -0.4 is 27.0 Å². The third-order valence-electron chi connectivity index (χ3n) is 10.2. The van der Waals surface area contributed by atoms with Crippen molar-refractivity contribution in [1.82, 2.24) is 30.1 Å². The van der Waals surface area contributed by atoms with Gasteiger partial charge in [-0.15, -0.1) is 11.3 Å². The molecule has 0 aliphatic carbocycles. The van der Waals surface area contributed by atoms with E-state index >= 15 is 0 Å². The number of carbonyl (C=O) groups excluding carboxylic acids is 4. The number of nitrogens with zero attached hydrogens (tertiary/aromatic N) is 3. The molecule has 14 nitrogen and oxygen atoms in total. The predicted octanol–water partition coefficient (Wildman–Crippen LogP) is 4.18. The van der Waals surface area contributed by atoms with E-state index in [2.05, 4.69) is 27.3 Å². The minimum atomic E-state index is -0.726. The fourth-order valence-electron chi connectivity index (χ4n) is 7.35. The summed E-state index contributed by atoms with van der Waals surface area (Å²) in [6.45, 7) is 3.85. The van der Waals surface area contributed by atoms with E-state index in [1.165, 1.54) is 20.5 Å². The van der Waals surface area contributed by atoms with Crippen LogP contribution in [0.2, 0.25) is 0 Å². The average Bonchev–Trinajstić information content (AvgIpc) is 3.64. The van der Waals surface area contributed by atoms with Gasteiger partial charge in [-0.3, -0.25) is 33.6 Å². The number of pyridine rings is 1. The van der Waals surface area contributed by atoms with E-state index in [1.807, 2.05) is 67.6 Å². The van der Waals surface area contributed by atoms with Gasteiger partial charge in [0.2, 0.25) is 17.7 Å². The van der Waals surface area contributed by atoms with Gasteiger partial charge >= 0.3 is 5.69 Å². The van der Waals surface area contributed by atoms with Crippen molar-refractivity contribution in [2.75, 3.05) is 38.3 Å². The molecule has 1 fully saturated rings. The minimum Gasteiger partial charge on any atom is -0.381 e. The summed E-state index contributed by atoms with van der Waals surface area (Å²) in [4.78, 5) is 68.1. The standard InChI is InChI=1S/C41H41N7O7S/c1-23-20-43-37-36-27-7-8-28(45-29(27)9-12-33(36)56-38(37)40(52)44-23)26-5-3-4-25(18-26)21-42-35(50)22-55-17-16-54-15-14-24-6-10-30-32(19-24)47(2)41(53)48(30)31-11-13-34(49)46-39(31)51/h3-10,12,18-19,23,31,43H,11,13-17,20-22H2,1-2H3,(H,42,50)(H,44,52)(H,46,49,51)/t23-,31?/m1/s1. The molecule has 0 spiro atoms. The molecule has 8 rings (SSSR count). The van der Waals surface area contributed by atoms with Crippen molar-refractivity contribution in [3.63, 3.8) is 0 Å². The van der Waals surface area contributed by atoms with Crippen LogP contribution in [0.4, 0.5) is 5.69 Å². The number of imidazole rings is 1. The molecule has 4 N–H and O–H groups in total. The minimum absolute atomic E-state index is 0.0331. The van der Waals surface area contributed by atoms with Crippen molar-refractivity contribution >= 4 is 72.7 Å². The number of carbonyl (C=O) groups is 4. The van der Waals surface area contributed by atoms with Crippen LogP contribution in [0.1, 0.15) is 46.6 Å². The van der Waals surface area contributed by atoms with Crippen LogP contribution in [-0.4, -0.2) is 76.8 Å². The summed E-state index contributed by atoms with van der Waals surface area (Å²) in [6, 6.07) is 20.9. The van der Waals surface area contributed by atoms with Crippen molar-refractivity contribution in [1.29, 1.82) is 0 Å². The van der Waals surface area contributed by atoms with Gasteiger partial charge in [0.1, 0.15) is 17.5 Å². The first-order valence-corrected chi connectivity index (χ1v) is 19.4. The maximum atomic E-state index is 13.0. The number of nitrogens with one attached hydrogen (secondary N) is 4. The first-order valence-electron chi connectivity index (χ1n) is 18.6. The van der Waals surface area contributed by atoms with Crippen molar-refractivity contribution in [3.8, 4) is 11.3 Å². The molecular weight excluding hydrogens is 735 g/mol. The van der Waals surface area contributed by atoms with E-state index in [1.54, 1.807) is 7.05 Å². The summed E-state index contributed by atoms with van der Waals surface area (Å²) < 4.78 is 15.3. The maximum absolute atomic E-state index is 13.0. The first-order chi connectivity index (χ1) is 27.1. The highest BCUT2D eigenvalue weighted by Gasteiger charge is 2.31. The molecule has 6 aromatic rings. The van der Waals surface area contributed by atoms with Crippen LogP contribution in [0.3, 0.4) is 0 Å². The molecule has 0 bridgehead atoms. The molecule has 3 aromatic heterocycles. The van der Waals surface area contributed by atoms with Gasteiger partial charge < -0.3 is 25.4 Å². The van der Waals surface area contributed by atoms with Gasteiger partial charge in [-0.05, 0) is 73.4 Å². The van der Waals surface area contributed by atoms with Crippen molar-refractivity contribution in [3.05, 3.63) is 93.2 Å². The Balaban J connectivity index is 0.797. The number of benzene rings is 3. The number of fused-ring (bicyclic) bond motifs is 6. The molecule has 2 aliphatic heterocycles. The van der Waals surface area contributed by atoms with Gasteiger partial charge in [0, 0.05) is 53.6 Å². The van der Waals surface area contributed by atoms with E-state index in [-0.39, 0.29) is 55.5 Å². The van der Waals surface area contributed by atoms with Crippen LogP contribution in [-0.2, 0) is 43.9 Å². The highest BCUT2D eigenvalue weighted by atomic mass is 32.1. The van der Waals surface area contributed by atoms with Crippen LogP contribution >= 0.6 is 11.3 Å². The summed E-state index contributed by atoms with van der Waals surface area (Å²) in [5.41, 5.74) is 6.36. The Labute approximate surface area is 325 Å². The van der Waals surface area contributed by atoms with Gasteiger partial charge in [0.25, 0.3) is 5.91 Å². The zero-order valence-electron chi connectivity index (χ0n) is 31.0. The van der Waals surface area contributed by atoms with Crippen molar-refractivity contribution in [2.24, 2.45) is 7.05 Å². The second kappa shape index (κ2) is 15.7. The highest BCUT2D eigenvalue weighted by Crippen LogP contribution is 2.41. The van der Waals surface area contributed by atoms with E-state index in [0.717, 1.165) is 49.1 Å². The first kappa shape index (κ1) is 37.0. The molecule has 2 aliphatic rings. The summed E-state index contributed by atoms with van der Waals surface area (Å²) in [7, 11) is 1.66. The molecule has 15 heteroatoms. The van der Waals surface area contributed by atoms with E-state index in [0.29, 0.717) is 48.6 Å². The number of hydrogen-bond acceptors (Lipinski definition) is 10. The molecule has 2 atom stereocenters. The SMILES string of the molecule is C[C@@H]1CNc2c(sc3ccc4nc(-c5cccc(CNC(=O)COCCOCCc6ccc7c(c6)n(C)c(=O)n7C6CCC(=O)NC6=O)c5)ccc4c23)C(=O)N1. The number of thiophene rings is 1. The van der Waals surface area contributed by atoms with Crippen molar-refractivity contribution in [2.45, 2.75) is 44.8 Å². The molecule has 4 amide bonds. The lowest BCUT2D eigenvalue weighted by molar-refractivity contribution is -0.135. The highest BCUT2D eigenvalue weighted by molar-refractivity contribution is 7.21. The Bertz CT molecular complexity index is 2590. The lowest BCUT2D eigenvalue weighted by Crippen LogP contribution is -2.44. The summed E-state index contributed by atoms with van der Waals surface area (Å²) in [6.07, 6.45) is 1.07. The van der Waals surface area contributed by atoms with Crippen LogP contribution in [0.25, 0.3) is 43.3 Å². The molecule has 288 valence electrons. The van der Waals surface area contributed by atoms with Gasteiger partial charge in [0.15, 0.2) is 0 Å². The smallest absolute Gasteiger partial charge is 0.329 e. The number of imide groups is 1. The zero-order chi connectivity index (χ0) is 38.9. The second-order valence-electron chi connectivity index (χ2n) is 14.2. The molecule has 56 heavy (non-hydrogen) atoms. The fraction of sp³-hybridized carbons (Fsp3) is 0.317.